The highest BCUT2D eigenvalue weighted by atomic mass is 16.3. The van der Waals surface area contributed by atoms with Crippen LogP contribution in [0.3, 0.4) is 0 Å². The van der Waals surface area contributed by atoms with Gasteiger partial charge in [0.2, 0.25) is 5.91 Å². The summed E-state index contributed by atoms with van der Waals surface area (Å²) in [7, 11) is 3.22. The summed E-state index contributed by atoms with van der Waals surface area (Å²) in [5, 5.41) is 19.7. The summed E-state index contributed by atoms with van der Waals surface area (Å²) in [6, 6.07) is 1.63. The number of nitrogens with zero attached hydrogens (tertiary/aromatic N) is 3. The lowest BCUT2D eigenvalue weighted by molar-refractivity contribution is -0.129. The number of aryl methyl sites for hydroxylation is 1. The number of nitrogens with one attached hydrogen (secondary N) is 2. The zero-order valence-electron chi connectivity index (χ0n) is 13.2. The predicted octanol–water partition coefficient (Wildman–Crippen LogP) is -0.649. The number of urea groups is 1. The lowest BCUT2D eigenvalue weighted by Crippen LogP contribution is -2.42. The fourth-order valence-electron chi connectivity index (χ4n) is 2.53. The third-order valence-electron chi connectivity index (χ3n) is 3.79. The van der Waals surface area contributed by atoms with E-state index in [9.17, 15) is 14.7 Å². The van der Waals surface area contributed by atoms with E-state index in [1.54, 1.807) is 19.0 Å². The van der Waals surface area contributed by atoms with Gasteiger partial charge in [-0.2, -0.15) is 5.10 Å². The van der Waals surface area contributed by atoms with Crippen molar-refractivity contribution in [1.82, 2.24) is 25.3 Å². The van der Waals surface area contributed by atoms with Crippen molar-refractivity contribution in [3.05, 3.63) is 17.5 Å². The second-order valence-corrected chi connectivity index (χ2v) is 5.93. The van der Waals surface area contributed by atoms with Crippen molar-refractivity contribution in [2.24, 2.45) is 5.92 Å². The van der Waals surface area contributed by atoms with Gasteiger partial charge in [0.15, 0.2) is 0 Å². The smallest absolute Gasteiger partial charge is 0.317 e. The van der Waals surface area contributed by atoms with Crippen LogP contribution in [0.2, 0.25) is 0 Å². The molecule has 1 saturated heterocycles. The summed E-state index contributed by atoms with van der Waals surface area (Å²) in [4.78, 5) is 26.5. The van der Waals surface area contributed by atoms with Gasteiger partial charge in [0.25, 0.3) is 0 Å². The number of rotatable bonds is 4. The minimum absolute atomic E-state index is 0.0313. The first-order chi connectivity index (χ1) is 10.4. The van der Waals surface area contributed by atoms with Gasteiger partial charge in [0.05, 0.1) is 18.3 Å². The topological polar surface area (TPSA) is 102 Å². The molecule has 1 fully saturated rings. The molecular weight excluding hydrogens is 286 g/mol. The second kappa shape index (κ2) is 6.78. The van der Waals surface area contributed by atoms with Gasteiger partial charge in [-0.1, -0.05) is 0 Å². The van der Waals surface area contributed by atoms with Crippen molar-refractivity contribution in [2.45, 2.75) is 19.4 Å². The molecule has 8 heteroatoms. The zero-order valence-corrected chi connectivity index (χ0v) is 13.2. The molecule has 2 rings (SSSR count). The molecular formula is C14H23N5O3. The molecule has 122 valence electrons. The van der Waals surface area contributed by atoms with Crippen molar-refractivity contribution in [2.75, 3.05) is 33.7 Å². The van der Waals surface area contributed by atoms with E-state index in [1.165, 1.54) is 4.90 Å². The number of carbonyl (C=O) groups is 2. The number of aromatic nitrogens is 2. The average molecular weight is 309 g/mol. The van der Waals surface area contributed by atoms with Gasteiger partial charge in [-0.25, -0.2) is 4.79 Å². The van der Waals surface area contributed by atoms with E-state index in [-0.39, 0.29) is 24.4 Å². The lowest BCUT2D eigenvalue weighted by Gasteiger charge is -2.17. The standard InChI is InChI=1S/C14H23N5O3/c1-9-4-11(17-16-9)5-10-7-19(8-12(10)20)13(21)6-15-14(22)18(2)3/h4,10,12,20H,5-8H2,1-3H3,(H,15,22)(H,16,17)/t10-,12-/m1/s1. The summed E-state index contributed by atoms with van der Waals surface area (Å²) < 4.78 is 0. The Hall–Kier alpha value is -2.09. The van der Waals surface area contributed by atoms with E-state index >= 15 is 0 Å². The molecule has 0 radical (unpaired) electrons. The zero-order chi connectivity index (χ0) is 16.3. The van der Waals surface area contributed by atoms with Crippen LogP contribution in [-0.2, 0) is 11.2 Å². The van der Waals surface area contributed by atoms with Crippen LogP contribution in [0.4, 0.5) is 4.79 Å². The number of carbonyl (C=O) groups excluding carboxylic acids is 2. The summed E-state index contributed by atoms with van der Waals surface area (Å²) in [6.45, 7) is 2.64. The van der Waals surface area contributed by atoms with Crippen molar-refractivity contribution < 1.29 is 14.7 Å². The molecule has 8 nitrogen and oxygen atoms in total. The minimum Gasteiger partial charge on any atom is -0.391 e. The predicted molar refractivity (Wildman–Crippen MR) is 80.2 cm³/mol. The number of H-pyrrole nitrogens is 1. The van der Waals surface area contributed by atoms with E-state index in [4.69, 9.17) is 0 Å². The van der Waals surface area contributed by atoms with Gasteiger partial charge in [-0.15, -0.1) is 0 Å². The number of amides is 3. The molecule has 2 atom stereocenters. The van der Waals surface area contributed by atoms with E-state index in [2.05, 4.69) is 15.5 Å². The van der Waals surface area contributed by atoms with E-state index in [1.807, 2.05) is 13.0 Å². The monoisotopic (exact) mass is 309 g/mol. The van der Waals surface area contributed by atoms with Crippen molar-refractivity contribution in [3.8, 4) is 0 Å². The Labute approximate surface area is 129 Å². The lowest BCUT2D eigenvalue weighted by atomic mass is 10.0. The Balaban J connectivity index is 1.84. The molecule has 0 spiro atoms. The Kier molecular flexibility index (Phi) is 5.02. The van der Waals surface area contributed by atoms with Crippen LogP contribution in [0, 0.1) is 12.8 Å². The summed E-state index contributed by atoms with van der Waals surface area (Å²) in [5.41, 5.74) is 1.86. The fraction of sp³-hybridized carbons (Fsp3) is 0.643. The Morgan fingerprint density at radius 2 is 2.23 bits per heavy atom. The third kappa shape index (κ3) is 3.97. The van der Waals surface area contributed by atoms with E-state index in [0.717, 1.165) is 11.4 Å². The second-order valence-electron chi connectivity index (χ2n) is 5.93. The first-order valence-electron chi connectivity index (χ1n) is 7.28. The Morgan fingerprint density at radius 3 is 2.82 bits per heavy atom. The largest absolute Gasteiger partial charge is 0.391 e. The molecule has 1 aromatic rings. The van der Waals surface area contributed by atoms with Crippen LogP contribution < -0.4 is 5.32 Å². The molecule has 1 aliphatic rings. The molecule has 0 bridgehead atoms. The fourth-order valence-corrected chi connectivity index (χ4v) is 2.53. The molecule has 3 N–H and O–H groups in total. The highest BCUT2D eigenvalue weighted by Crippen LogP contribution is 2.21. The van der Waals surface area contributed by atoms with Crippen LogP contribution in [0.25, 0.3) is 0 Å². The molecule has 2 heterocycles. The van der Waals surface area contributed by atoms with E-state index in [0.29, 0.717) is 19.5 Å². The van der Waals surface area contributed by atoms with E-state index < -0.39 is 6.10 Å². The number of aromatic amines is 1. The third-order valence-corrected chi connectivity index (χ3v) is 3.79. The number of aliphatic hydroxyl groups is 1. The van der Waals surface area contributed by atoms with Crippen molar-refractivity contribution >= 4 is 11.9 Å². The molecule has 0 aromatic carbocycles. The summed E-state index contributed by atoms with van der Waals surface area (Å²) in [6.07, 6.45) is 0.0600. The molecule has 0 unspecified atom stereocenters. The van der Waals surface area contributed by atoms with Crippen LogP contribution in [-0.4, -0.2) is 76.9 Å². The van der Waals surface area contributed by atoms with Crippen LogP contribution in [0.5, 0.6) is 0 Å². The Bertz CT molecular complexity index is 542. The number of hydrogen-bond donors (Lipinski definition) is 3. The average Bonchev–Trinajstić information content (AvgIpc) is 3.03. The molecule has 0 aliphatic carbocycles. The van der Waals surface area contributed by atoms with Gasteiger partial charge in [-0.3, -0.25) is 9.89 Å². The van der Waals surface area contributed by atoms with Crippen LogP contribution in [0.15, 0.2) is 6.07 Å². The maximum atomic E-state index is 12.1. The normalized spacial score (nSPS) is 21.0. The number of aliphatic hydroxyl groups excluding tert-OH is 1. The highest BCUT2D eigenvalue weighted by molar-refractivity contribution is 5.84. The van der Waals surface area contributed by atoms with Gasteiger partial charge >= 0.3 is 6.03 Å². The maximum Gasteiger partial charge on any atom is 0.317 e. The quantitative estimate of drug-likeness (QED) is 0.688. The number of β-amino-alcohol motifs (C(OH)–C–C–N with tert-alkyl or cyclic N) is 1. The first kappa shape index (κ1) is 16.3. The van der Waals surface area contributed by atoms with Gasteiger partial charge in [-0.05, 0) is 19.4 Å². The summed E-state index contributed by atoms with van der Waals surface area (Å²) in [5.74, 6) is -0.217. The minimum atomic E-state index is -0.564. The molecule has 22 heavy (non-hydrogen) atoms. The first-order valence-corrected chi connectivity index (χ1v) is 7.28. The molecule has 3 amide bonds. The van der Waals surface area contributed by atoms with Crippen molar-refractivity contribution in [1.29, 1.82) is 0 Å². The molecule has 0 saturated carbocycles. The number of hydrogen-bond acceptors (Lipinski definition) is 4. The molecule has 1 aliphatic heterocycles. The van der Waals surface area contributed by atoms with Crippen LogP contribution in [0.1, 0.15) is 11.4 Å². The SMILES string of the molecule is Cc1cc(C[C@@H]2CN(C(=O)CNC(=O)N(C)C)C[C@H]2O)n[nH]1. The van der Waals surface area contributed by atoms with Gasteiger partial charge in [0.1, 0.15) is 0 Å². The van der Waals surface area contributed by atoms with Gasteiger partial charge < -0.3 is 20.2 Å². The molecule has 1 aromatic heterocycles. The number of likely N-dealkylation sites (tertiary alicyclic amines) is 1. The van der Waals surface area contributed by atoms with Gasteiger partial charge in [0, 0.05) is 38.8 Å². The Morgan fingerprint density at radius 1 is 1.50 bits per heavy atom. The highest BCUT2D eigenvalue weighted by Gasteiger charge is 2.34. The maximum absolute atomic E-state index is 12.1. The van der Waals surface area contributed by atoms with Crippen molar-refractivity contribution in [3.63, 3.8) is 0 Å². The van der Waals surface area contributed by atoms with Crippen LogP contribution >= 0.6 is 0 Å². The summed E-state index contributed by atoms with van der Waals surface area (Å²) >= 11 is 0.